The molecule has 0 spiro atoms. The van der Waals surface area contributed by atoms with Gasteiger partial charge in [-0.3, -0.25) is 0 Å². The van der Waals surface area contributed by atoms with E-state index in [9.17, 15) is 0 Å². The molecule has 0 aromatic carbocycles. The van der Waals surface area contributed by atoms with E-state index in [2.05, 4.69) is 45.0 Å². The number of thiazole rings is 1. The first kappa shape index (κ1) is 14.0. The van der Waals surface area contributed by atoms with Gasteiger partial charge >= 0.3 is 0 Å². The van der Waals surface area contributed by atoms with Gasteiger partial charge in [-0.2, -0.15) is 0 Å². The van der Waals surface area contributed by atoms with Crippen LogP contribution in [0.1, 0.15) is 42.3 Å². The topological polar surface area (TPSA) is 28.2 Å². The van der Waals surface area contributed by atoms with Gasteiger partial charge in [0.05, 0.1) is 11.2 Å². The molecule has 0 amide bonds. The summed E-state index contributed by atoms with van der Waals surface area (Å²) >= 11 is 1.87. The van der Waals surface area contributed by atoms with E-state index >= 15 is 0 Å². The number of nitrogens with one attached hydrogen (secondary N) is 1. The molecular weight excluding hydrogens is 242 g/mol. The highest BCUT2D eigenvalue weighted by Crippen LogP contribution is 2.38. The van der Waals surface area contributed by atoms with Crippen LogP contribution < -0.4 is 5.32 Å². The Labute approximate surface area is 115 Å². The second-order valence-corrected chi connectivity index (χ2v) is 6.76. The third-order valence-corrected chi connectivity index (χ3v) is 5.52. The summed E-state index contributed by atoms with van der Waals surface area (Å²) in [5, 5.41) is 5.02. The second kappa shape index (κ2) is 5.27. The van der Waals surface area contributed by atoms with Gasteiger partial charge in [-0.15, -0.1) is 11.3 Å². The molecule has 0 saturated carbocycles. The summed E-state index contributed by atoms with van der Waals surface area (Å²) in [6.07, 6.45) is 2.32. The summed E-state index contributed by atoms with van der Waals surface area (Å²) in [6.45, 7) is 11.0. The molecule has 2 heterocycles. The van der Waals surface area contributed by atoms with Gasteiger partial charge in [0.1, 0.15) is 5.01 Å². The van der Waals surface area contributed by atoms with Crippen molar-refractivity contribution in [3.63, 3.8) is 0 Å². The summed E-state index contributed by atoms with van der Waals surface area (Å²) in [7, 11) is 2.22. The number of aromatic nitrogens is 1. The Morgan fingerprint density at radius 1 is 1.50 bits per heavy atom. The van der Waals surface area contributed by atoms with E-state index in [1.54, 1.807) is 0 Å². The number of piperidine rings is 1. The highest BCUT2D eigenvalue weighted by atomic mass is 32.1. The predicted octanol–water partition coefficient (Wildman–Crippen LogP) is 2.68. The summed E-state index contributed by atoms with van der Waals surface area (Å²) in [5.41, 5.74) is 1.29. The molecule has 18 heavy (non-hydrogen) atoms. The van der Waals surface area contributed by atoms with Gasteiger partial charge in [0.2, 0.25) is 0 Å². The first-order chi connectivity index (χ1) is 8.48. The zero-order chi connectivity index (χ0) is 13.3. The minimum Gasteiger partial charge on any atom is -0.306 e. The molecule has 1 aliphatic heterocycles. The van der Waals surface area contributed by atoms with Gasteiger partial charge in [0.15, 0.2) is 0 Å². The molecule has 0 bridgehead atoms. The number of likely N-dealkylation sites (tertiary alicyclic amines) is 1. The Hall–Kier alpha value is -0.450. The van der Waals surface area contributed by atoms with E-state index in [4.69, 9.17) is 4.98 Å². The van der Waals surface area contributed by atoms with Crippen LogP contribution in [-0.4, -0.2) is 36.1 Å². The van der Waals surface area contributed by atoms with Crippen molar-refractivity contribution in [3.05, 3.63) is 15.6 Å². The minimum absolute atomic E-state index is 0.102. The van der Waals surface area contributed by atoms with Gasteiger partial charge in [-0.25, -0.2) is 4.98 Å². The molecule has 1 N–H and O–H groups in total. The monoisotopic (exact) mass is 267 g/mol. The van der Waals surface area contributed by atoms with Crippen molar-refractivity contribution in [2.45, 2.75) is 52.1 Å². The Balaban J connectivity index is 2.32. The van der Waals surface area contributed by atoms with Crippen LogP contribution in [0, 0.1) is 13.8 Å². The Kier molecular flexibility index (Phi) is 4.09. The van der Waals surface area contributed by atoms with Crippen LogP contribution in [-0.2, 0) is 5.54 Å². The third-order valence-electron chi connectivity index (χ3n) is 4.24. The van der Waals surface area contributed by atoms with Gasteiger partial charge in [0.25, 0.3) is 0 Å². The van der Waals surface area contributed by atoms with Crippen LogP contribution >= 0.6 is 11.3 Å². The number of hydrogen-bond donors (Lipinski definition) is 1. The van der Waals surface area contributed by atoms with Crippen molar-refractivity contribution >= 4 is 11.3 Å². The average molecular weight is 267 g/mol. The van der Waals surface area contributed by atoms with Gasteiger partial charge in [-0.05, 0) is 47.2 Å². The lowest BCUT2D eigenvalue weighted by Gasteiger charge is -2.43. The second-order valence-electron chi connectivity index (χ2n) is 5.56. The van der Waals surface area contributed by atoms with Crippen molar-refractivity contribution in [3.8, 4) is 0 Å². The third kappa shape index (κ3) is 2.46. The van der Waals surface area contributed by atoms with Gasteiger partial charge in [-0.1, -0.05) is 6.92 Å². The van der Waals surface area contributed by atoms with E-state index in [1.807, 2.05) is 11.3 Å². The lowest BCUT2D eigenvalue weighted by Crippen LogP contribution is -2.53. The molecule has 1 aromatic heterocycles. The largest absolute Gasteiger partial charge is 0.306 e. The molecule has 2 atom stereocenters. The summed E-state index contributed by atoms with van der Waals surface area (Å²) in [6, 6.07) is 0.613. The van der Waals surface area contributed by atoms with Crippen LogP contribution in [0.2, 0.25) is 0 Å². The molecule has 0 radical (unpaired) electrons. The van der Waals surface area contributed by atoms with Gasteiger partial charge < -0.3 is 10.2 Å². The number of nitrogens with zero attached hydrogens (tertiary/aromatic N) is 2. The maximum atomic E-state index is 4.82. The molecule has 3 nitrogen and oxygen atoms in total. The maximum Gasteiger partial charge on any atom is 0.113 e. The zero-order valence-electron chi connectivity index (χ0n) is 12.2. The first-order valence-corrected chi connectivity index (χ1v) is 7.70. The minimum atomic E-state index is 0.102. The SMILES string of the molecule is CCNC1(c2nc(C)c(C)s2)CCN(C)C(C)C1. The molecule has 1 fully saturated rings. The van der Waals surface area contributed by atoms with E-state index in [-0.39, 0.29) is 5.54 Å². The number of rotatable bonds is 3. The quantitative estimate of drug-likeness (QED) is 0.912. The normalized spacial score (nSPS) is 29.7. The van der Waals surface area contributed by atoms with Crippen molar-refractivity contribution in [1.82, 2.24) is 15.2 Å². The van der Waals surface area contributed by atoms with Gasteiger partial charge in [0, 0.05) is 17.5 Å². The Morgan fingerprint density at radius 3 is 2.72 bits per heavy atom. The molecule has 1 aromatic rings. The fraction of sp³-hybridized carbons (Fsp3) is 0.786. The fourth-order valence-corrected chi connectivity index (χ4v) is 3.91. The van der Waals surface area contributed by atoms with Crippen molar-refractivity contribution in [2.24, 2.45) is 0 Å². The highest BCUT2D eigenvalue weighted by molar-refractivity contribution is 7.11. The summed E-state index contributed by atoms with van der Waals surface area (Å²) in [5.74, 6) is 0. The number of hydrogen-bond acceptors (Lipinski definition) is 4. The average Bonchev–Trinajstić information content (AvgIpc) is 2.66. The lowest BCUT2D eigenvalue weighted by molar-refractivity contribution is 0.107. The number of aryl methyl sites for hydroxylation is 2. The summed E-state index contributed by atoms with van der Waals surface area (Å²) < 4.78 is 0. The standard InChI is InChI=1S/C14H25N3S/c1-6-15-14(7-8-17(5)10(2)9-14)13-16-11(3)12(4)18-13/h10,15H,6-9H2,1-5H3. The highest BCUT2D eigenvalue weighted by Gasteiger charge is 2.40. The Morgan fingerprint density at radius 2 is 2.22 bits per heavy atom. The fourth-order valence-electron chi connectivity index (χ4n) is 2.80. The molecule has 2 unspecified atom stereocenters. The molecule has 0 aliphatic carbocycles. The van der Waals surface area contributed by atoms with E-state index in [0.29, 0.717) is 6.04 Å². The zero-order valence-corrected chi connectivity index (χ0v) is 13.0. The summed E-state index contributed by atoms with van der Waals surface area (Å²) in [4.78, 5) is 8.62. The van der Waals surface area contributed by atoms with Crippen LogP contribution in [0.4, 0.5) is 0 Å². The van der Waals surface area contributed by atoms with Crippen LogP contribution in [0.5, 0.6) is 0 Å². The van der Waals surface area contributed by atoms with E-state index in [0.717, 1.165) is 25.9 Å². The van der Waals surface area contributed by atoms with Crippen molar-refractivity contribution < 1.29 is 0 Å². The molecule has 1 saturated heterocycles. The van der Waals surface area contributed by atoms with E-state index in [1.165, 1.54) is 15.6 Å². The first-order valence-electron chi connectivity index (χ1n) is 6.88. The lowest BCUT2D eigenvalue weighted by atomic mass is 9.84. The van der Waals surface area contributed by atoms with Crippen LogP contribution in [0.25, 0.3) is 0 Å². The molecule has 102 valence electrons. The molecular formula is C14H25N3S. The Bertz CT molecular complexity index is 396. The molecule has 1 aliphatic rings. The van der Waals surface area contributed by atoms with Crippen molar-refractivity contribution in [1.29, 1.82) is 0 Å². The van der Waals surface area contributed by atoms with E-state index < -0.39 is 0 Å². The molecule has 4 heteroatoms. The van der Waals surface area contributed by atoms with Crippen LogP contribution in [0.15, 0.2) is 0 Å². The van der Waals surface area contributed by atoms with Crippen LogP contribution in [0.3, 0.4) is 0 Å². The van der Waals surface area contributed by atoms with Crippen molar-refractivity contribution in [2.75, 3.05) is 20.1 Å². The molecule has 2 rings (SSSR count). The maximum absolute atomic E-state index is 4.82. The predicted molar refractivity (Wildman–Crippen MR) is 78.3 cm³/mol. The smallest absolute Gasteiger partial charge is 0.113 e.